The Kier molecular flexibility index (Phi) is 9.66. The molecule has 0 aliphatic rings. The smallest absolute Gasteiger partial charge is 0.407 e. The lowest BCUT2D eigenvalue weighted by Gasteiger charge is -2.20. The summed E-state index contributed by atoms with van der Waals surface area (Å²) in [6.45, 7) is 5.94. The number of anilines is 1. The predicted molar refractivity (Wildman–Crippen MR) is 141 cm³/mol. The summed E-state index contributed by atoms with van der Waals surface area (Å²) in [5, 5.41) is 5.49. The quantitative estimate of drug-likeness (QED) is 0.276. The summed E-state index contributed by atoms with van der Waals surface area (Å²) in [6.07, 6.45) is -0.0770. The number of nitrogens with one attached hydrogen (secondary N) is 2. The van der Waals surface area contributed by atoms with Gasteiger partial charge < -0.3 is 24.8 Å². The van der Waals surface area contributed by atoms with Crippen molar-refractivity contribution in [2.75, 3.05) is 18.5 Å². The SMILES string of the molecule is CC(C)(C)OC(=O)NCCCOc1c(NC(=O)c2ccccc2)cccc1C(=O)OCc1ccccc1. The number of hydrogen-bond donors (Lipinski definition) is 2. The van der Waals surface area contributed by atoms with Crippen molar-refractivity contribution in [1.29, 1.82) is 0 Å². The third-order valence-corrected chi connectivity index (χ3v) is 4.97. The molecule has 0 saturated heterocycles. The molecule has 0 aromatic heterocycles. The monoisotopic (exact) mass is 504 g/mol. The van der Waals surface area contributed by atoms with Crippen molar-refractivity contribution in [3.63, 3.8) is 0 Å². The van der Waals surface area contributed by atoms with Crippen molar-refractivity contribution in [3.05, 3.63) is 95.6 Å². The van der Waals surface area contributed by atoms with Crippen molar-refractivity contribution < 1.29 is 28.6 Å². The van der Waals surface area contributed by atoms with Gasteiger partial charge in [-0.15, -0.1) is 0 Å². The number of esters is 1. The van der Waals surface area contributed by atoms with Crippen molar-refractivity contribution in [3.8, 4) is 5.75 Å². The van der Waals surface area contributed by atoms with Crippen LogP contribution in [0.5, 0.6) is 5.75 Å². The van der Waals surface area contributed by atoms with Crippen LogP contribution < -0.4 is 15.4 Å². The second-order valence-electron chi connectivity index (χ2n) is 9.19. The fourth-order valence-corrected chi connectivity index (χ4v) is 3.29. The zero-order valence-electron chi connectivity index (χ0n) is 21.3. The summed E-state index contributed by atoms with van der Waals surface area (Å²) in [4.78, 5) is 37.6. The zero-order valence-corrected chi connectivity index (χ0v) is 21.3. The average Bonchev–Trinajstić information content (AvgIpc) is 2.87. The molecule has 0 fully saturated rings. The Morgan fingerprint density at radius 3 is 2.19 bits per heavy atom. The number of rotatable bonds is 10. The van der Waals surface area contributed by atoms with Gasteiger partial charge in [-0.2, -0.15) is 0 Å². The van der Waals surface area contributed by atoms with Gasteiger partial charge in [0.2, 0.25) is 0 Å². The Balaban J connectivity index is 1.71. The maximum Gasteiger partial charge on any atom is 0.407 e. The summed E-state index contributed by atoms with van der Waals surface area (Å²) in [5.74, 6) is -0.726. The molecule has 3 aromatic rings. The molecule has 194 valence electrons. The van der Waals surface area contributed by atoms with Crippen LogP contribution in [0.3, 0.4) is 0 Å². The van der Waals surface area contributed by atoms with Gasteiger partial charge in [0.25, 0.3) is 5.91 Å². The summed E-state index contributed by atoms with van der Waals surface area (Å²) in [7, 11) is 0. The Morgan fingerprint density at radius 2 is 1.51 bits per heavy atom. The molecule has 0 heterocycles. The van der Waals surface area contributed by atoms with E-state index in [1.54, 1.807) is 63.2 Å². The number of para-hydroxylation sites is 1. The van der Waals surface area contributed by atoms with Crippen molar-refractivity contribution in [2.45, 2.75) is 39.4 Å². The molecule has 0 saturated carbocycles. The van der Waals surface area contributed by atoms with Crippen molar-refractivity contribution in [2.24, 2.45) is 0 Å². The number of benzene rings is 3. The van der Waals surface area contributed by atoms with E-state index in [-0.39, 0.29) is 30.4 Å². The molecular weight excluding hydrogens is 472 g/mol. The molecular formula is C29H32N2O6. The summed E-state index contributed by atoms with van der Waals surface area (Å²) < 4.78 is 16.7. The first-order chi connectivity index (χ1) is 17.7. The summed E-state index contributed by atoms with van der Waals surface area (Å²) in [5.41, 5.74) is 1.24. The highest BCUT2D eigenvalue weighted by molar-refractivity contribution is 6.06. The van der Waals surface area contributed by atoms with E-state index in [2.05, 4.69) is 10.6 Å². The number of carbonyl (C=O) groups excluding carboxylic acids is 3. The lowest BCUT2D eigenvalue weighted by atomic mass is 10.1. The van der Waals surface area contributed by atoms with Gasteiger partial charge in [-0.05, 0) is 57.0 Å². The Labute approximate surface area is 216 Å². The van der Waals surface area contributed by atoms with E-state index in [0.717, 1.165) is 5.56 Å². The fraction of sp³-hybridized carbons (Fsp3) is 0.276. The van der Waals surface area contributed by atoms with E-state index in [0.29, 0.717) is 24.2 Å². The average molecular weight is 505 g/mol. The minimum atomic E-state index is -0.592. The molecule has 0 aliphatic carbocycles. The highest BCUT2D eigenvalue weighted by Gasteiger charge is 2.20. The number of carbonyl (C=O) groups is 3. The summed E-state index contributed by atoms with van der Waals surface area (Å²) in [6, 6.07) is 23.0. The van der Waals surface area contributed by atoms with Gasteiger partial charge in [0.05, 0.1) is 12.3 Å². The Morgan fingerprint density at radius 1 is 0.838 bits per heavy atom. The number of amides is 2. The van der Waals surface area contributed by atoms with Crippen LogP contribution in [0.1, 0.15) is 53.5 Å². The molecule has 0 radical (unpaired) electrons. The fourth-order valence-electron chi connectivity index (χ4n) is 3.29. The van der Waals surface area contributed by atoms with E-state index in [4.69, 9.17) is 14.2 Å². The molecule has 37 heavy (non-hydrogen) atoms. The Bertz CT molecular complexity index is 1190. The second kappa shape index (κ2) is 13.1. The molecule has 8 nitrogen and oxygen atoms in total. The molecule has 0 unspecified atom stereocenters. The maximum absolute atomic E-state index is 13.0. The number of alkyl carbamates (subject to hydrolysis) is 1. The molecule has 0 bridgehead atoms. The van der Waals surface area contributed by atoms with Gasteiger partial charge in [-0.25, -0.2) is 9.59 Å². The van der Waals surface area contributed by atoms with Crippen LogP contribution in [0.2, 0.25) is 0 Å². The van der Waals surface area contributed by atoms with E-state index in [9.17, 15) is 14.4 Å². The van der Waals surface area contributed by atoms with Gasteiger partial charge >= 0.3 is 12.1 Å². The van der Waals surface area contributed by atoms with Crippen molar-refractivity contribution >= 4 is 23.7 Å². The Hall–Kier alpha value is -4.33. The molecule has 2 N–H and O–H groups in total. The molecule has 3 aromatic carbocycles. The lowest BCUT2D eigenvalue weighted by Crippen LogP contribution is -2.33. The normalized spacial score (nSPS) is 10.8. The lowest BCUT2D eigenvalue weighted by molar-refractivity contribution is 0.0467. The van der Waals surface area contributed by atoms with Gasteiger partial charge in [-0.1, -0.05) is 54.6 Å². The largest absolute Gasteiger partial charge is 0.490 e. The van der Waals surface area contributed by atoms with Crippen LogP contribution >= 0.6 is 0 Å². The van der Waals surface area contributed by atoms with Gasteiger partial charge in [0.15, 0.2) is 5.75 Å². The minimum Gasteiger partial charge on any atom is -0.490 e. The first-order valence-electron chi connectivity index (χ1n) is 12.0. The van der Waals surface area contributed by atoms with Gasteiger partial charge in [0, 0.05) is 12.1 Å². The van der Waals surface area contributed by atoms with E-state index < -0.39 is 17.7 Å². The van der Waals surface area contributed by atoms with E-state index >= 15 is 0 Å². The molecule has 2 amide bonds. The molecule has 8 heteroatoms. The minimum absolute atomic E-state index is 0.0967. The van der Waals surface area contributed by atoms with Crippen LogP contribution in [0.25, 0.3) is 0 Å². The molecule has 3 rings (SSSR count). The highest BCUT2D eigenvalue weighted by Crippen LogP contribution is 2.31. The third-order valence-electron chi connectivity index (χ3n) is 4.97. The first kappa shape index (κ1) is 27.3. The van der Waals surface area contributed by atoms with Crippen LogP contribution in [-0.2, 0) is 16.1 Å². The molecule has 0 aliphatic heterocycles. The van der Waals surface area contributed by atoms with E-state index in [1.165, 1.54) is 0 Å². The van der Waals surface area contributed by atoms with Crippen molar-refractivity contribution in [1.82, 2.24) is 5.32 Å². The number of hydrogen-bond acceptors (Lipinski definition) is 6. The van der Waals surface area contributed by atoms with Crippen LogP contribution in [0, 0.1) is 0 Å². The number of ether oxygens (including phenoxy) is 3. The molecule has 0 spiro atoms. The third kappa shape index (κ3) is 9.00. The van der Waals surface area contributed by atoms with Crippen LogP contribution in [0.15, 0.2) is 78.9 Å². The summed E-state index contributed by atoms with van der Waals surface area (Å²) >= 11 is 0. The highest BCUT2D eigenvalue weighted by atomic mass is 16.6. The van der Waals surface area contributed by atoms with Crippen LogP contribution in [-0.4, -0.2) is 36.7 Å². The first-order valence-corrected chi connectivity index (χ1v) is 12.0. The van der Waals surface area contributed by atoms with Gasteiger partial charge in [0.1, 0.15) is 17.8 Å². The van der Waals surface area contributed by atoms with Gasteiger partial charge in [-0.3, -0.25) is 4.79 Å². The predicted octanol–water partition coefficient (Wildman–Crippen LogP) is 5.59. The second-order valence-corrected chi connectivity index (χ2v) is 9.19. The molecule has 0 atom stereocenters. The van der Waals surface area contributed by atoms with Crippen LogP contribution in [0.4, 0.5) is 10.5 Å². The maximum atomic E-state index is 13.0. The standard InChI is InChI=1S/C29H32N2O6/c1-29(2,3)37-28(34)30-18-11-19-35-25-23(27(33)36-20-21-12-6-4-7-13-21)16-10-17-24(25)31-26(32)22-14-8-5-9-15-22/h4-10,12-17H,11,18-20H2,1-3H3,(H,30,34)(H,31,32). The van der Waals surface area contributed by atoms with E-state index in [1.807, 2.05) is 36.4 Å². The topological polar surface area (TPSA) is 103 Å². The zero-order chi connectivity index (χ0) is 26.7.